The Hall–Kier alpha value is -2.45. The molecule has 0 bridgehead atoms. The first-order valence-corrected chi connectivity index (χ1v) is 11.4. The molecule has 5 nitrogen and oxygen atoms in total. The minimum absolute atomic E-state index is 0.253. The van der Waals surface area contributed by atoms with Crippen LogP contribution in [0.5, 0.6) is 0 Å². The second-order valence-electron chi connectivity index (χ2n) is 7.01. The van der Waals surface area contributed by atoms with E-state index in [0.29, 0.717) is 37.7 Å². The first kappa shape index (κ1) is 21.8. The summed E-state index contributed by atoms with van der Waals surface area (Å²) in [7, 11) is 1.70. The van der Waals surface area contributed by atoms with Gasteiger partial charge in [0.2, 0.25) is 6.17 Å². The SMILES string of the molecule is Cc1csc(NC(=S)NC2N=C(c3ccccc3Cl)c3cc(Cl)ccc3N(C)C2=O)c1. The zero-order valence-corrected chi connectivity index (χ0v) is 19.8. The van der Waals surface area contributed by atoms with Crippen LogP contribution in [0.2, 0.25) is 10.0 Å². The number of anilines is 2. The van der Waals surface area contributed by atoms with E-state index in [1.54, 1.807) is 36.2 Å². The van der Waals surface area contributed by atoms with Gasteiger partial charge in [0.1, 0.15) is 0 Å². The van der Waals surface area contributed by atoms with Gasteiger partial charge in [0.05, 0.1) is 16.4 Å². The predicted octanol–water partition coefficient (Wildman–Crippen LogP) is 5.49. The van der Waals surface area contributed by atoms with Gasteiger partial charge in [-0.15, -0.1) is 11.3 Å². The topological polar surface area (TPSA) is 56.7 Å². The summed E-state index contributed by atoms with van der Waals surface area (Å²) in [5.41, 5.74) is 3.80. The number of likely N-dealkylation sites (N-methyl/N-ethyl adjacent to an activating group) is 1. The highest BCUT2D eigenvalue weighted by molar-refractivity contribution is 7.80. The highest BCUT2D eigenvalue weighted by atomic mass is 35.5. The molecule has 0 saturated carbocycles. The van der Waals surface area contributed by atoms with E-state index in [0.717, 1.165) is 10.6 Å². The smallest absolute Gasteiger partial charge is 0.272 e. The number of benzene rings is 2. The van der Waals surface area contributed by atoms with Gasteiger partial charge < -0.3 is 15.5 Å². The molecule has 0 fully saturated rings. The van der Waals surface area contributed by atoms with Gasteiger partial charge in [-0.05, 0) is 60.4 Å². The van der Waals surface area contributed by atoms with Gasteiger partial charge in [0.15, 0.2) is 5.11 Å². The van der Waals surface area contributed by atoms with Gasteiger partial charge in [0.25, 0.3) is 5.91 Å². The van der Waals surface area contributed by atoms with Gasteiger partial charge >= 0.3 is 0 Å². The van der Waals surface area contributed by atoms with Crippen molar-refractivity contribution in [2.45, 2.75) is 13.1 Å². The van der Waals surface area contributed by atoms with E-state index >= 15 is 0 Å². The number of rotatable bonds is 3. The lowest BCUT2D eigenvalue weighted by Crippen LogP contribution is -2.47. The fourth-order valence-corrected chi connectivity index (χ4v) is 4.76. The Morgan fingerprint density at radius 3 is 2.65 bits per heavy atom. The van der Waals surface area contributed by atoms with Crippen molar-refractivity contribution >= 4 is 74.2 Å². The number of hydrogen-bond acceptors (Lipinski definition) is 4. The van der Waals surface area contributed by atoms with Gasteiger partial charge in [-0.1, -0.05) is 41.4 Å². The lowest BCUT2D eigenvalue weighted by atomic mass is 10.00. The molecule has 2 N–H and O–H groups in total. The minimum Gasteiger partial charge on any atom is -0.333 e. The van der Waals surface area contributed by atoms with E-state index in [9.17, 15) is 4.79 Å². The summed E-state index contributed by atoms with van der Waals surface area (Å²) >= 11 is 19.7. The molecule has 1 amide bonds. The van der Waals surface area contributed by atoms with Crippen LogP contribution in [-0.4, -0.2) is 29.9 Å². The van der Waals surface area contributed by atoms with Crippen LogP contribution >= 0.6 is 46.8 Å². The second kappa shape index (κ2) is 8.96. The third kappa shape index (κ3) is 4.60. The zero-order valence-electron chi connectivity index (χ0n) is 16.6. The van der Waals surface area contributed by atoms with E-state index in [1.165, 1.54) is 11.3 Å². The molecule has 1 unspecified atom stereocenters. The van der Waals surface area contributed by atoms with Crippen molar-refractivity contribution in [1.29, 1.82) is 0 Å². The lowest BCUT2D eigenvalue weighted by molar-refractivity contribution is -0.119. The van der Waals surface area contributed by atoms with E-state index in [2.05, 4.69) is 10.6 Å². The number of nitrogens with one attached hydrogen (secondary N) is 2. The summed E-state index contributed by atoms with van der Waals surface area (Å²) in [5, 5.41) is 10.4. The first-order chi connectivity index (χ1) is 14.8. The van der Waals surface area contributed by atoms with Crippen molar-refractivity contribution in [3.8, 4) is 0 Å². The maximum atomic E-state index is 13.3. The van der Waals surface area contributed by atoms with Crippen molar-refractivity contribution in [2.75, 3.05) is 17.3 Å². The monoisotopic (exact) mass is 488 g/mol. The second-order valence-corrected chi connectivity index (χ2v) is 9.17. The number of thiophene rings is 1. The van der Waals surface area contributed by atoms with Crippen LogP contribution in [0.3, 0.4) is 0 Å². The summed E-state index contributed by atoms with van der Waals surface area (Å²) in [5.74, 6) is -0.253. The Labute approximate surface area is 199 Å². The quantitative estimate of drug-likeness (QED) is 0.478. The number of halogens is 2. The number of aliphatic imine (C=N–C) groups is 1. The number of nitrogens with zero attached hydrogens (tertiary/aromatic N) is 2. The molecule has 0 saturated heterocycles. The number of benzodiazepines with no additional fused rings is 1. The lowest BCUT2D eigenvalue weighted by Gasteiger charge is -2.21. The maximum Gasteiger partial charge on any atom is 0.272 e. The predicted molar refractivity (Wildman–Crippen MR) is 134 cm³/mol. The molecule has 0 spiro atoms. The van der Waals surface area contributed by atoms with Gasteiger partial charge in [-0.25, -0.2) is 4.99 Å². The van der Waals surface area contributed by atoms with Crippen LogP contribution < -0.4 is 15.5 Å². The summed E-state index contributed by atoms with van der Waals surface area (Å²) in [6.45, 7) is 2.00. The Kier molecular flexibility index (Phi) is 6.29. The van der Waals surface area contributed by atoms with Crippen LogP contribution in [0.1, 0.15) is 16.7 Å². The highest BCUT2D eigenvalue weighted by Gasteiger charge is 2.31. The third-order valence-corrected chi connectivity index (χ3v) is 6.51. The standard InChI is InChI=1S/C22H18Cl2N4OS2/c1-12-9-18(31-11-12)25-22(30)27-20-21(29)28(2)17-8-7-13(23)10-15(17)19(26-20)14-5-3-4-6-16(14)24/h3-11,20H,1-2H3,(H2,25,27,30). The number of aryl methyl sites for hydroxylation is 1. The molecule has 4 rings (SSSR count). The average molecular weight is 489 g/mol. The largest absolute Gasteiger partial charge is 0.333 e. The summed E-state index contributed by atoms with van der Waals surface area (Å²) < 4.78 is 0. The Balaban J connectivity index is 1.76. The van der Waals surface area contributed by atoms with Gasteiger partial charge in [-0.3, -0.25) is 4.79 Å². The Morgan fingerprint density at radius 2 is 1.94 bits per heavy atom. The molecule has 2 heterocycles. The van der Waals surface area contributed by atoms with E-state index in [-0.39, 0.29) is 5.91 Å². The molecule has 9 heteroatoms. The summed E-state index contributed by atoms with van der Waals surface area (Å²) in [6, 6.07) is 14.7. The van der Waals surface area contributed by atoms with Crippen LogP contribution in [0.25, 0.3) is 0 Å². The van der Waals surface area contributed by atoms with E-state index in [1.807, 2.05) is 36.6 Å². The molecule has 0 aliphatic carbocycles. The maximum absolute atomic E-state index is 13.3. The fraction of sp³-hybridized carbons (Fsp3) is 0.136. The number of fused-ring (bicyclic) bond motifs is 1. The van der Waals surface area contributed by atoms with Crippen molar-refractivity contribution in [1.82, 2.24) is 5.32 Å². The molecule has 158 valence electrons. The fourth-order valence-electron chi connectivity index (χ4n) is 3.28. The molecule has 1 atom stereocenters. The Morgan fingerprint density at radius 1 is 1.16 bits per heavy atom. The van der Waals surface area contributed by atoms with Crippen LogP contribution in [-0.2, 0) is 4.79 Å². The van der Waals surface area contributed by atoms with Crippen LogP contribution in [0.15, 0.2) is 58.9 Å². The Bertz CT molecular complexity index is 1210. The first-order valence-electron chi connectivity index (χ1n) is 9.36. The molecular formula is C22H18Cl2N4OS2. The normalized spacial score (nSPS) is 15.7. The summed E-state index contributed by atoms with van der Waals surface area (Å²) in [4.78, 5) is 19.6. The molecule has 1 aliphatic rings. The molecular weight excluding hydrogens is 471 g/mol. The minimum atomic E-state index is -0.941. The molecule has 0 radical (unpaired) electrons. The number of thiocarbonyl (C=S) groups is 1. The third-order valence-electron chi connectivity index (χ3n) is 4.76. The van der Waals surface area contributed by atoms with Crippen LogP contribution in [0, 0.1) is 6.92 Å². The van der Waals surface area contributed by atoms with E-state index < -0.39 is 6.17 Å². The molecule has 1 aromatic heterocycles. The molecule has 31 heavy (non-hydrogen) atoms. The molecule has 2 aromatic carbocycles. The number of hydrogen-bond donors (Lipinski definition) is 2. The number of carbonyl (C=O) groups is 1. The van der Waals surface area contributed by atoms with Crippen molar-refractivity contribution in [2.24, 2.45) is 4.99 Å². The number of carbonyl (C=O) groups excluding carboxylic acids is 1. The van der Waals surface area contributed by atoms with Gasteiger partial charge in [0, 0.05) is 28.2 Å². The highest BCUT2D eigenvalue weighted by Crippen LogP contribution is 2.32. The van der Waals surface area contributed by atoms with Crippen molar-refractivity contribution in [3.63, 3.8) is 0 Å². The van der Waals surface area contributed by atoms with Gasteiger partial charge in [-0.2, -0.15) is 0 Å². The number of amides is 1. The van der Waals surface area contributed by atoms with Crippen LogP contribution in [0.4, 0.5) is 10.7 Å². The molecule has 3 aromatic rings. The zero-order chi connectivity index (χ0) is 22.1. The summed E-state index contributed by atoms with van der Waals surface area (Å²) in [6.07, 6.45) is -0.941. The molecule has 1 aliphatic heterocycles. The average Bonchev–Trinajstić information content (AvgIpc) is 3.11. The van der Waals surface area contributed by atoms with E-state index in [4.69, 9.17) is 40.4 Å². The van der Waals surface area contributed by atoms with Crippen molar-refractivity contribution in [3.05, 3.63) is 80.6 Å². The van der Waals surface area contributed by atoms with Crippen molar-refractivity contribution < 1.29 is 4.79 Å².